The zero-order valence-corrected chi connectivity index (χ0v) is 23.7. The highest BCUT2D eigenvalue weighted by molar-refractivity contribution is 7.92. The number of rotatable bonds is 12. The van der Waals surface area contributed by atoms with E-state index in [1.165, 1.54) is 9.21 Å². The quantitative estimate of drug-likeness (QED) is 0.371. The third kappa shape index (κ3) is 8.09. The second kappa shape index (κ2) is 13.5. The number of hydrogen-bond acceptors (Lipinski definition) is 4. The molecule has 0 spiro atoms. The number of nitrogens with zero attached hydrogens (tertiary/aromatic N) is 2. The summed E-state index contributed by atoms with van der Waals surface area (Å²) in [7, 11) is -3.53. The lowest BCUT2D eigenvalue weighted by Crippen LogP contribution is -2.51. The second-order valence-corrected chi connectivity index (χ2v) is 12.1. The molecule has 0 unspecified atom stereocenters. The van der Waals surface area contributed by atoms with E-state index >= 15 is 0 Å². The lowest BCUT2D eigenvalue weighted by molar-refractivity contribution is -0.141. The fraction of sp³-hybridized carbons (Fsp3) is 0.481. The molecule has 1 aliphatic rings. The molecule has 202 valence electrons. The average molecular weight is 569 g/mol. The molecule has 1 N–H and O–H groups in total. The first-order chi connectivity index (χ1) is 17.6. The molecule has 2 aromatic rings. The maximum Gasteiger partial charge on any atom is 0.243 e. The van der Waals surface area contributed by atoms with Gasteiger partial charge in [-0.05, 0) is 49.9 Å². The number of amides is 2. The van der Waals surface area contributed by atoms with Crippen LogP contribution in [0.1, 0.15) is 57.4 Å². The Kier molecular flexibility index (Phi) is 10.7. The summed E-state index contributed by atoms with van der Waals surface area (Å²) in [5.41, 5.74) is 1.12. The molecule has 7 nitrogen and oxygen atoms in total. The van der Waals surface area contributed by atoms with Crippen molar-refractivity contribution in [3.05, 3.63) is 64.1 Å². The maximum absolute atomic E-state index is 13.6. The topological polar surface area (TPSA) is 86.8 Å². The highest BCUT2D eigenvalue weighted by atomic mass is 35.5. The van der Waals surface area contributed by atoms with Crippen molar-refractivity contribution in [3.8, 4) is 0 Å². The summed E-state index contributed by atoms with van der Waals surface area (Å²) in [6.07, 6.45) is 5.96. The van der Waals surface area contributed by atoms with E-state index in [1.54, 1.807) is 42.5 Å². The first-order valence-corrected chi connectivity index (χ1v) is 15.3. The number of nitrogens with one attached hydrogen (secondary N) is 1. The van der Waals surface area contributed by atoms with E-state index in [0.29, 0.717) is 27.7 Å². The lowest BCUT2D eigenvalue weighted by atomic mass is 10.1. The SMILES string of the molecule is CC[C@@H](C(=O)NC1CCCC1)N(Cc1c(Cl)cccc1Cl)C(=O)CCCN(c1ccccc1)S(C)(=O)=O. The zero-order valence-electron chi connectivity index (χ0n) is 21.3. The minimum atomic E-state index is -3.53. The lowest BCUT2D eigenvalue weighted by Gasteiger charge is -2.32. The van der Waals surface area contributed by atoms with Crippen LogP contribution in [-0.4, -0.2) is 50.0 Å². The number of carbonyl (C=O) groups excluding carboxylic acids is 2. The van der Waals surface area contributed by atoms with Crippen molar-refractivity contribution in [2.24, 2.45) is 0 Å². The van der Waals surface area contributed by atoms with Crippen molar-refractivity contribution in [2.75, 3.05) is 17.1 Å². The number of hydrogen-bond donors (Lipinski definition) is 1. The Balaban J connectivity index is 1.79. The molecule has 2 amide bonds. The summed E-state index contributed by atoms with van der Waals surface area (Å²) in [6.45, 7) is 2.09. The van der Waals surface area contributed by atoms with Gasteiger partial charge in [0.2, 0.25) is 21.8 Å². The van der Waals surface area contributed by atoms with Crippen LogP contribution in [0.3, 0.4) is 0 Å². The van der Waals surface area contributed by atoms with Crippen LogP contribution in [0.2, 0.25) is 10.0 Å². The van der Waals surface area contributed by atoms with Crippen LogP contribution < -0.4 is 9.62 Å². The first kappa shape index (κ1) is 29.3. The molecule has 0 aromatic heterocycles. The minimum Gasteiger partial charge on any atom is -0.352 e. The molecule has 1 saturated carbocycles. The molecule has 10 heteroatoms. The number of anilines is 1. The molecule has 37 heavy (non-hydrogen) atoms. The maximum atomic E-state index is 13.6. The average Bonchev–Trinajstić information content (AvgIpc) is 3.36. The van der Waals surface area contributed by atoms with Gasteiger partial charge in [-0.25, -0.2) is 8.42 Å². The Morgan fingerprint density at radius 3 is 2.22 bits per heavy atom. The van der Waals surface area contributed by atoms with Crippen LogP contribution in [-0.2, 0) is 26.2 Å². The fourth-order valence-corrected chi connectivity index (χ4v) is 6.22. The molecular weight excluding hydrogens is 533 g/mol. The number of benzene rings is 2. The van der Waals surface area contributed by atoms with Crippen LogP contribution in [0.4, 0.5) is 5.69 Å². The fourth-order valence-electron chi connectivity index (χ4n) is 4.74. The normalized spacial score (nSPS) is 14.8. The third-order valence-electron chi connectivity index (χ3n) is 6.67. The molecule has 1 atom stereocenters. The van der Waals surface area contributed by atoms with Crippen LogP contribution in [0, 0.1) is 0 Å². The molecule has 0 heterocycles. The number of halogens is 2. The predicted molar refractivity (Wildman–Crippen MR) is 149 cm³/mol. The second-order valence-electron chi connectivity index (χ2n) is 9.41. The molecule has 0 aliphatic heterocycles. The first-order valence-electron chi connectivity index (χ1n) is 12.7. The van der Waals surface area contributed by atoms with Gasteiger partial charge >= 0.3 is 0 Å². The number of para-hydroxylation sites is 1. The summed E-state index contributed by atoms with van der Waals surface area (Å²) in [6, 6.07) is 13.3. The Morgan fingerprint density at radius 1 is 1.03 bits per heavy atom. The number of carbonyl (C=O) groups is 2. The van der Waals surface area contributed by atoms with E-state index < -0.39 is 16.1 Å². The Hall–Kier alpha value is -2.29. The van der Waals surface area contributed by atoms with E-state index in [-0.39, 0.29) is 43.8 Å². The molecule has 0 saturated heterocycles. The monoisotopic (exact) mass is 567 g/mol. The van der Waals surface area contributed by atoms with Crippen LogP contribution >= 0.6 is 23.2 Å². The molecule has 1 aliphatic carbocycles. The van der Waals surface area contributed by atoms with Gasteiger partial charge in [0.05, 0.1) is 11.9 Å². The van der Waals surface area contributed by atoms with Crippen LogP contribution in [0.15, 0.2) is 48.5 Å². The van der Waals surface area contributed by atoms with Crippen molar-refractivity contribution in [3.63, 3.8) is 0 Å². The predicted octanol–water partition coefficient (Wildman–Crippen LogP) is 5.41. The van der Waals surface area contributed by atoms with Gasteiger partial charge in [-0.15, -0.1) is 0 Å². The molecule has 0 bridgehead atoms. The molecule has 0 radical (unpaired) electrons. The van der Waals surface area contributed by atoms with Gasteiger partial charge in [-0.2, -0.15) is 0 Å². The van der Waals surface area contributed by atoms with Gasteiger partial charge in [0.15, 0.2) is 0 Å². The van der Waals surface area contributed by atoms with Gasteiger partial charge < -0.3 is 10.2 Å². The zero-order chi connectivity index (χ0) is 27.0. The van der Waals surface area contributed by atoms with Crippen molar-refractivity contribution >= 4 is 50.7 Å². The van der Waals surface area contributed by atoms with Crippen molar-refractivity contribution in [2.45, 2.75) is 70.5 Å². The molecular formula is C27H35Cl2N3O4S. The molecule has 1 fully saturated rings. The smallest absolute Gasteiger partial charge is 0.243 e. The van der Waals surface area contributed by atoms with E-state index in [9.17, 15) is 18.0 Å². The summed E-state index contributed by atoms with van der Waals surface area (Å²) < 4.78 is 26.1. The van der Waals surface area contributed by atoms with Crippen molar-refractivity contribution < 1.29 is 18.0 Å². The standard InChI is InChI=1S/C27H35Cl2N3O4S/c1-3-25(27(34)30-20-11-7-8-12-20)31(19-22-23(28)15-9-16-24(22)29)26(33)17-10-18-32(37(2,35)36)21-13-5-4-6-14-21/h4-6,9,13-16,20,25H,3,7-8,10-12,17-19H2,1-2H3,(H,30,34)/t25-/m0/s1. The van der Waals surface area contributed by atoms with Gasteiger partial charge in [0, 0.05) is 41.2 Å². The molecule has 2 aromatic carbocycles. The van der Waals surface area contributed by atoms with Crippen molar-refractivity contribution in [1.29, 1.82) is 0 Å². The summed E-state index contributed by atoms with van der Waals surface area (Å²) in [4.78, 5) is 28.4. The summed E-state index contributed by atoms with van der Waals surface area (Å²) >= 11 is 12.8. The summed E-state index contributed by atoms with van der Waals surface area (Å²) in [5.74, 6) is -0.445. The van der Waals surface area contributed by atoms with Gasteiger partial charge in [-0.1, -0.05) is 67.2 Å². The highest BCUT2D eigenvalue weighted by Gasteiger charge is 2.31. The van der Waals surface area contributed by atoms with Crippen LogP contribution in [0.25, 0.3) is 0 Å². The van der Waals surface area contributed by atoms with Crippen LogP contribution in [0.5, 0.6) is 0 Å². The van der Waals surface area contributed by atoms with E-state index in [2.05, 4.69) is 5.32 Å². The Bertz CT molecular complexity index is 1150. The Labute approximate surface area is 230 Å². The Morgan fingerprint density at radius 2 is 1.65 bits per heavy atom. The van der Waals surface area contributed by atoms with E-state index in [1.807, 2.05) is 13.0 Å². The van der Waals surface area contributed by atoms with Gasteiger partial charge in [-0.3, -0.25) is 13.9 Å². The summed E-state index contributed by atoms with van der Waals surface area (Å²) in [5, 5.41) is 3.95. The highest BCUT2D eigenvalue weighted by Crippen LogP contribution is 2.28. The van der Waals surface area contributed by atoms with E-state index in [0.717, 1.165) is 31.9 Å². The third-order valence-corrected chi connectivity index (χ3v) is 8.58. The van der Waals surface area contributed by atoms with E-state index in [4.69, 9.17) is 23.2 Å². The largest absolute Gasteiger partial charge is 0.352 e. The van der Waals surface area contributed by atoms with Gasteiger partial charge in [0.1, 0.15) is 6.04 Å². The van der Waals surface area contributed by atoms with Crippen molar-refractivity contribution in [1.82, 2.24) is 10.2 Å². The minimum absolute atomic E-state index is 0.0636. The molecule has 3 rings (SSSR count). The number of sulfonamides is 1. The van der Waals surface area contributed by atoms with Gasteiger partial charge in [0.25, 0.3) is 0 Å².